The topological polar surface area (TPSA) is 101 Å². The molecule has 29 heavy (non-hydrogen) atoms. The Morgan fingerprint density at radius 2 is 1.69 bits per heavy atom. The van der Waals surface area contributed by atoms with Gasteiger partial charge >= 0.3 is 6.18 Å². The summed E-state index contributed by atoms with van der Waals surface area (Å²) in [5, 5.41) is 16.2. The standard InChI is InChI=1S/C19H18F3N3O4/c20-19(21,22)14-6-7-15(16(12-14)25(28)29)23-10-11-24-18(27)9-8-17(26)13-4-2-1-3-5-13/h1-7,12,23H,8-11H2,(H,24,27). The van der Waals surface area contributed by atoms with E-state index in [1.165, 1.54) is 0 Å². The quantitative estimate of drug-likeness (QED) is 0.284. The van der Waals surface area contributed by atoms with Gasteiger partial charge in [0.25, 0.3) is 5.69 Å². The number of benzene rings is 2. The van der Waals surface area contributed by atoms with E-state index >= 15 is 0 Å². The molecule has 0 saturated carbocycles. The molecule has 0 heterocycles. The molecule has 1 amide bonds. The molecule has 154 valence electrons. The van der Waals surface area contributed by atoms with Gasteiger partial charge in [-0.15, -0.1) is 0 Å². The monoisotopic (exact) mass is 409 g/mol. The van der Waals surface area contributed by atoms with E-state index in [0.29, 0.717) is 11.6 Å². The third kappa shape index (κ3) is 6.59. The van der Waals surface area contributed by atoms with E-state index in [0.717, 1.165) is 12.1 Å². The Labute approximate surface area is 164 Å². The highest BCUT2D eigenvalue weighted by Gasteiger charge is 2.33. The molecule has 0 radical (unpaired) electrons. The molecule has 0 aliphatic heterocycles. The van der Waals surface area contributed by atoms with Crippen molar-refractivity contribution in [3.63, 3.8) is 0 Å². The Balaban J connectivity index is 1.80. The first kappa shape index (κ1) is 21.9. The smallest absolute Gasteiger partial charge is 0.378 e. The molecule has 2 aromatic carbocycles. The Bertz CT molecular complexity index is 886. The lowest BCUT2D eigenvalue weighted by Crippen LogP contribution is -2.29. The summed E-state index contributed by atoms with van der Waals surface area (Å²) in [5.41, 5.74) is -1.40. The van der Waals surface area contributed by atoms with E-state index in [1.54, 1.807) is 30.3 Å². The maximum Gasteiger partial charge on any atom is 0.416 e. The largest absolute Gasteiger partial charge is 0.416 e. The normalized spacial score (nSPS) is 11.0. The maximum absolute atomic E-state index is 12.7. The summed E-state index contributed by atoms with van der Waals surface area (Å²) in [6, 6.07) is 10.7. The van der Waals surface area contributed by atoms with Crippen LogP contribution in [0.15, 0.2) is 48.5 Å². The van der Waals surface area contributed by atoms with Gasteiger partial charge in [-0.05, 0) is 12.1 Å². The number of amides is 1. The lowest BCUT2D eigenvalue weighted by molar-refractivity contribution is -0.384. The highest BCUT2D eigenvalue weighted by Crippen LogP contribution is 2.34. The molecule has 0 bridgehead atoms. The van der Waals surface area contributed by atoms with Gasteiger partial charge in [-0.2, -0.15) is 13.2 Å². The summed E-state index contributed by atoms with van der Waals surface area (Å²) in [4.78, 5) is 33.8. The molecule has 0 aliphatic rings. The number of nitro benzene ring substituents is 1. The van der Waals surface area contributed by atoms with Crippen molar-refractivity contribution in [2.24, 2.45) is 0 Å². The van der Waals surface area contributed by atoms with Crippen LogP contribution in [0.3, 0.4) is 0 Å². The number of halogens is 3. The fraction of sp³-hybridized carbons (Fsp3) is 0.263. The van der Waals surface area contributed by atoms with Gasteiger partial charge in [0, 0.05) is 37.6 Å². The Kier molecular flexibility index (Phi) is 7.29. The molecule has 0 spiro atoms. The lowest BCUT2D eigenvalue weighted by Gasteiger charge is -2.11. The summed E-state index contributed by atoms with van der Waals surface area (Å²) >= 11 is 0. The lowest BCUT2D eigenvalue weighted by atomic mass is 10.1. The van der Waals surface area contributed by atoms with Crippen LogP contribution in [0.25, 0.3) is 0 Å². The number of carbonyl (C=O) groups excluding carboxylic acids is 2. The maximum atomic E-state index is 12.7. The number of rotatable bonds is 9. The molecule has 0 unspecified atom stereocenters. The number of anilines is 1. The zero-order chi connectivity index (χ0) is 21.4. The molecule has 2 aromatic rings. The molecule has 0 aromatic heterocycles. The van der Waals surface area contributed by atoms with Gasteiger partial charge in [0.1, 0.15) is 5.69 Å². The van der Waals surface area contributed by atoms with Gasteiger partial charge < -0.3 is 10.6 Å². The minimum atomic E-state index is -4.69. The van der Waals surface area contributed by atoms with Gasteiger partial charge in [-0.25, -0.2) is 0 Å². The van der Waals surface area contributed by atoms with Crippen LogP contribution in [0.1, 0.15) is 28.8 Å². The predicted octanol–water partition coefficient (Wildman–Crippen LogP) is 3.80. The molecular formula is C19H18F3N3O4. The third-order valence-electron chi connectivity index (χ3n) is 3.96. The van der Waals surface area contributed by atoms with Crippen LogP contribution in [0, 0.1) is 10.1 Å². The number of nitrogens with one attached hydrogen (secondary N) is 2. The number of carbonyl (C=O) groups is 2. The number of nitrogens with zero attached hydrogens (tertiary/aromatic N) is 1. The van der Waals surface area contributed by atoms with Crippen molar-refractivity contribution < 1.29 is 27.7 Å². The molecule has 0 atom stereocenters. The van der Waals surface area contributed by atoms with E-state index in [-0.39, 0.29) is 43.3 Å². The van der Waals surface area contributed by atoms with Gasteiger partial charge in [0.15, 0.2) is 5.78 Å². The predicted molar refractivity (Wildman–Crippen MR) is 99.6 cm³/mol. The fourth-order valence-electron chi connectivity index (χ4n) is 2.49. The molecule has 10 heteroatoms. The average molecular weight is 409 g/mol. The van der Waals surface area contributed by atoms with Crippen molar-refractivity contribution in [1.82, 2.24) is 5.32 Å². The van der Waals surface area contributed by atoms with Crippen LogP contribution in [-0.2, 0) is 11.0 Å². The first-order chi connectivity index (χ1) is 13.7. The van der Waals surface area contributed by atoms with E-state index in [9.17, 15) is 32.9 Å². The van der Waals surface area contributed by atoms with Crippen molar-refractivity contribution in [2.45, 2.75) is 19.0 Å². The fourth-order valence-corrected chi connectivity index (χ4v) is 2.49. The summed E-state index contributed by atoms with van der Waals surface area (Å²) in [6.07, 6.45) is -4.67. The minimum absolute atomic E-state index is 0.0197. The summed E-state index contributed by atoms with van der Waals surface area (Å²) in [5.74, 6) is -0.544. The SMILES string of the molecule is O=C(CCC(=O)c1ccccc1)NCCNc1ccc(C(F)(F)F)cc1[N+](=O)[O-]. The van der Waals surface area contributed by atoms with Crippen LogP contribution < -0.4 is 10.6 Å². The summed E-state index contributed by atoms with van der Waals surface area (Å²) in [6.45, 7) is 0.140. The number of hydrogen-bond acceptors (Lipinski definition) is 5. The van der Waals surface area contributed by atoms with Crippen LogP contribution in [0.2, 0.25) is 0 Å². The molecule has 0 aliphatic carbocycles. The Hall–Kier alpha value is -3.43. The van der Waals surface area contributed by atoms with Crippen molar-refractivity contribution in [2.75, 3.05) is 18.4 Å². The molecule has 0 saturated heterocycles. The second-order valence-electron chi connectivity index (χ2n) is 6.05. The number of nitro groups is 1. The van der Waals surface area contributed by atoms with Crippen LogP contribution >= 0.6 is 0 Å². The number of alkyl halides is 3. The molecule has 2 rings (SSSR count). The van der Waals surface area contributed by atoms with E-state index in [1.807, 2.05) is 0 Å². The van der Waals surface area contributed by atoms with Crippen molar-refractivity contribution in [3.8, 4) is 0 Å². The van der Waals surface area contributed by atoms with Crippen molar-refractivity contribution in [1.29, 1.82) is 0 Å². The van der Waals surface area contributed by atoms with Crippen LogP contribution in [-0.4, -0.2) is 29.7 Å². The van der Waals surface area contributed by atoms with Crippen molar-refractivity contribution in [3.05, 3.63) is 69.8 Å². The zero-order valence-corrected chi connectivity index (χ0v) is 15.2. The number of Topliss-reactive ketones (excluding diaryl/α,β-unsaturated/α-hetero) is 1. The molecule has 7 nitrogen and oxygen atoms in total. The first-order valence-electron chi connectivity index (χ1n) is 8.63. The van der Waals surface area contributed by atoms with Gasteiger partial charge in [-0.1, -0.05) is 30.3 Å². The summed E-state index contributed by atoms with van der Waals surface area (Å²) in [7, 11) is 0. The van der Waals surface area contributed by atoms with Crippen molar-refractivity contribution >= 4 is 23.1 Å². The Morgan fingerprint density at radius 3 is 2.31 bits per heavy atom. The van der Waals surface area contributed by atoms with Gasteiger partial charge in [-0.3, -0.25) is 19.7 Å². The van der Waals surface area contributed by atoms with Crippen LogP contribution in [0.4, 0.5) is 24.5 Å². The second kappa shape index (κ2) is 9.67. The first-order valence-corrected chi connectivity index (χ1v) is 8.63. The van der Waals surface area contributed by atoms with Gasteiger partial charge in [0.2, 0.25) is 5.91 Å². The van der Waals surface area contributed by atoms with E-state index < -0.39 is 22.4 Å². The van der Waals surface area contributed by atoms with Gasteiger partial charge in [0.05, 0.1) is 10.5 Å². The van der Waals surface area contributed by atoms with Crippen LogP contribution in [0.5, 0.6) is 0 Å². The number of ketones is 1. The van der Waals surface area contributed by atoms with E-state index in [4.69, 9.17) is 0 Å². The van der Waals surface area contributed by atoms with E-state index in [2.05, 4.69) is 10.6 Å². The summed E-state index contributed by atoms with van der Waals surface area (Å²) < 4.78 is 38.0. The number of hydrogen-bond donors (Lipinski definition) is 2. The highest BCUT2D eigenvalue weighted by molar-refractivity contribution is 5.97. The zero-order valence-electron chi connectivity index (χ0n) is 15.2. The average Bonchev–Trinajstić information content (AvgIpc) is 2.69. The Morgan fingerprint density at radius 1 is 1.00 bits per heavy atom. The third-order valence-corrected chi connectivity index (χ3v) is 3.96. The minimum Gasteiger partial charge on any atom is -0.378 e. The molecule has 2 N–H and O–H groups in total. The second-order valence-corrected chi connectivity index (χ2v) is 6.05. The highest BCUT2D eigenvalue weighted by atomic mass is 19.4. The molecular weight excluding hydrogens is 391 g/mol. The molecule has 0 fully saturated rings.